The van der Waals surface area contributed by atoms with Gasteiger partial charge in [-0.25, -0.2) is 0 Å². The summed E-state index contributed by atoms with van der Waals surface area (Å²) in [4.78, 5) is 0. The molecule has 0 fully saturated rings. The van der Waals surface area contributed by atoms with E-state index in [4.69, 9.17) is 4.52 Å². The maximum Gasteiger partial charge on any atom is 0.0603 e. The summed E-state index contributed by atoms with van der Waals surface area (Å²) in [5, 5.41) is 1.36. The third-order valence-electron chi connectivity index (χ3n) is 2.12. The molecule has 0 aliphatic rings. The van der Waals surface area contributed by atoms with E-state index < -0.39 is 8.15 Å². The number of hydrogen-bond donors (Lipinski definition) is 0. The van der Waals surface area contributed by atoms with Gasteiger partial charge in [0.15, 0.2) is 0 Å². The molecule has 1 rings (SSSR count). The Morgan fingerprint density at radius 1 is 1.12 bits per heavy atom. The highest BCUT2D eigenvalue weighted by Crippen LogP contribution is 2.38. The molecule has 2 heteroatoms. The second-order valence-corrected chi connectivity index (χ2v) is 7.25. The standard InChI is InChI=1S/C14H23OP/c1-5-11-16(15-12-14(2,3)4)13-9-7-6-8-10-13/h6-10H,5,11-12H2,1-4H3. The number of rotatable bonds is 5. The molecule has 0 saturated carbocycles. The van der Waals surface area contributed by atoms with E-state index in [9.17, 15) is 0 Å². The van der Waals surface area contributed by atoms with Crippen molar-refractivity contribution in [2.75, 3.05) is 12.8 Å². The van der Waals surface area contributed by atoms with Crippen LogP contribution in [0.15, 0.2) is 30.3 Å². The molecular formula is C14H23OP. The summed E-state index contributed by atoms with van der Waals surface area (Å²) < 4.78 is 6.10. The average Bonchev–Trinajstić information content (AvgIpc) is 2.24. The van der Waals surface area contributed by atoms with E-state index in [1.165, 1.54) is 11.7 Å². The highest BCUT2D eigenvalue weighted by atomic mass is 31.1. The van der Waals surface area contributed by atoms with Crippen molar-refractivity contribution in [2.24, 2.45) is 5.41 Å². The first-order valence-corrected chi connectivity index (χ1v) is 7.43. The van der Waals surface area contributed by atoms with Gasteiger partial charge in [0.05, 0.1) is 14.8 Å². The second kappa shape index (κ2) is 6.37. The van der Waals surface area contributed by atoms with Crippen LogP contribution in [0.5, 0.6) is 0 Å². The van der Waals surface area contributed by atoms with E-state index in [0.29, 0.717) is 0 Å². The SMILES string of the molecule is CCCP(OCC(C)(C)C)c1ccccc1. The van der Waals surface area contributed by atoms with Gasteiger partial charge in [0.2, 0.25) is 0 Å². The smallest absolute Gasteiger partial charge is 0.0603 e. The van der Waals surface area contributed by atoms with E-state index in [1.54, 1.807) is 0 Å². The maximum atomic E-state index is 6.10. The van der Waals surface area contributed by atoms with Crippen LogP contribution in [-0.2, 0) is 4.52 Å². The Hall–Kier alpha value is -0.390. The quantitative estimate of drug-likeness (QED) is 0.699. The van der Waals surface area contributed by atoms with Gasteiger partial charge >= 0.3 is 0 Å². The van der Waals surface area contributed by atoms with Crippen LogP contribution in [0.1, 0.15) is 34.1 Å². The van der Waals surface area contributed by atoms with Crippen molar-refractivity contribution < 1.29 is 4.52 Å². The normalized spacial score (nSPS) is 13.8. The zero-order valence-electron chi connectivity index (χ0n) is 10.9. The van der Waals surface area contributed by atoms with Gasteiger partial charge in [-0.05, 0) is 18.0 Å². The third-order valence-corrected chi connectivity index (χ3v) is 4.29. The van der Waals surface area contributed by atoms with Crippen LogP contribution in [0.25, 0.3) is 0 Å². The van der Waals surface area contributed by atoms with Gasteiger partial charge in [-0.3, -0.25) is 0 Å². The summed E-state index contributed by atoms with van der Waals surface area (Å²) in [6.45, 7) is 9.72. The van der Waals surface area contributed by atoms with Crippen LogP contribution in [0.2, 0.25) is 0 Å². The molecule has 16 heavy (non-hydrogen) atoms. The molecule has 0 amide bonds. The molecule has 0 saturated heterocycles. The lowest BCUT2D eigenvalue weighted by Gasteiger charge is -2.24. The fourth-order valence-electron chi connectivity index (χ4n) is 1.34. The summed E-state index contributed by atoms with van der Waals surface area (Å²) >= 11 is 0. The van der Waals surface area contributed by atoms with Crippen molar-refractivity contribution in [2.45, 2.75) is 34.1 Å². The first kappa shape index (κ1) is 13.7. The maximum absolute atomic E-state index is 6.10. The molecule has 0 bridgehead atoms. The highest BCUT2D eigenvalue weighted by molar-refractivity contribution is 7.60. The van der Waals surface area contributed by atoms with Crippen molar-refractivity contribution in [3.63, 3.8) is 0 Å². The Morgan fingerprint density at radius 2 is 1.75 bits per heavy atom. The van der Waals surface area contributed by atoms with Crippen LogP contribution in [0.3, 0.4) is 0 Å². The van der Waals surface area contributed by atoms with Crippen molar-refractivity contribution in [1.82, 2.24) is 0 Å². The van der Waals surface area contributed by atoms with Crippen molar-refractivity contribution in [3.8, 4) is 0 Å². The minimum Gasteiger partial charge on any atom is -0.354 e. The third kappa shape index (κ3) is 5.09. The minimum atomic E-state index is -0.420. The molecule has 1 unspecified atom stereocenters. The fraction of sp³-hybridized carbons (Fsp3) is 0.571. The summed E-state index contributed by atoms with van der Waals surface area (Å²) in [7, 11) is -0.420. The van der Waals surface area contributed by atoms with Gasteiger partial charge < -0.3 is 4.52 Å². The fourth-order valence-corrected chi connectivity index (χ4v) is 3.33. The lowest BCUT2D eigenvalue weighted by molar-refractivity contribution is 0.217. The predicted molar refractivity (Wildman–Crippen MR) is 73.6 cm³/mol. The van der Waals surface area contributed by atoms with Gasteiger partial charge in [-0.15, -0.1) is 0 Å². The van der Waals surface area contributed by atoms with Crippen molar-refractivity contribution >= 4 is 13.5 Å². The molecule has 0 heterocycles. The molecule has 90 valence electrons. The minimum absolute atomic E-state index is 0.253. The molecule has 0 radical (unpaired) electrons. The van der Waals surface area contributed by atoms with E-state index in [-0.39, 0.29) is 5.41 Å². The Bertz CT molecular complexity index is 289. The average molecular weight is 238 g/mol. The van der Waals surface area contributed by atoms with E-state index in [0.717, 1.165) is 12.8 Å². The second-order valence-electron chi connectivity index (χ2n) is 5.27. The van der Waals surface area contributed by atoms with Gasteiger partial charge in [-0.2, -0.15) is 0 Å². The first-order valence-electron chi connectivity index (χ1n) is 5.98. The Kier molecular flexibility index (Phi) is 5.44. The molecule has 1 aromatic carbocycles. The highest BCUT2D eigenvalue weighted by Gasteiger charge is 2.16. The summed E-state index contributed by atoms with van der Waals surface area (Å²) in [6.07, 6.45) is 2.35. The predicted octanol–water partition coefficient (Wildman–Crippen LogP) is 4.18. The Morgan fingerprint density at radius 3 is 2.25 bits per heavy atom. The largest absolute Gasteiger partial charge is 0.354 e. The lowest BCUT2D eigenvalue weighted by Crippen LogP contribution is -2.16. The van der Waals surface area contributed by atoms with E-state index >= 15 is 0 Å². The zero-order valence-corrected chi connectivity index (χ0v) is 11.8. The van der Waals surface area contributed by atoms with Crippen LogP contribution in [0.4, 0.5) is 0 Å². The van der Waals surface area contributed by atoms with Gasteiger partial charge in [0, 0.05) is 5.30 Å². The molecular weight excluding hydrogens is 215 g/mol. The Balaban J connectivity index is 2.61. The van der Waals surface area contributed by atoms with Crippen LogP contribution in [0, 0.1) is 5.41 Å². The molecule has 0 aromatic heterocycles. The molecule has 0 N–H and O–H groups in total. The lowest BCUT2D eigenvalue weighted by atomic mass is 9.99. The van der Waals surface area contributed by atoms with Gasteiger partial charge in [0.25, 0.3) is 0 Å². The van der Waals surface area contributed by atoms with Crippen LogP contribution >= 0.6 is 8.15 Å². The van der Waals surface area contributed by atoms with Gasteiger partial charge in [-0.1, -0.05) is 58.0 Å². The molecule has 0 aliphatic heterocycles. The summed E-state index contributed by atoms with van der Waals surface area (Å²) in [5.41, 5.74) is 0.253. The van der Waals surface area contributed by atoms with E-state index in [2.05, 4.69) is 58.0 Å². The van der Waals surface area contributed by atoms with Crippen molar-refractivity contribution in [1.29, 1.82) is 0 Å². The van der Waals surface area contributed by atoms with Crippen molar-refractivity contribution in [3.05, 3.63) is 30.3 Å². The monoisotopic (exact) mass is 238 g/mol. The first-order chi connectivity index (χ1) is 7.53. The molecule has 1 aromatic rings. The summed E-state index contributed by atoms with van der Waals surface area (Å²) in [6, 6.07) is 10.6. The molecule has 1 nitrogen and oxygen atoms in total. The number of hydrogen-bond acceptors (Lipinski definition) is 1. The molecule has 0 spiro atoms. The topological polar surface area (TPSA) is 9.23 Å². The van der Waals surface area contributed by atoms with E-state index in [1.807, 2.05) is 0 Å². The van der Waals surface area contributed by atoms with Crippen LogP contribution in [-0.4, -0.2) is 12.8 Å². The molecule has 1 atom stereocenters. The number of benzene rings is 1. The van der Waals surface area contributed by atoms with Crippen LogP contribution < -0.4 is 5.30 Å². The molecule has 0 aliphatic carbocycles. The Labute approximate surface area is 101 Å². The zero-order chi connectivity index (χ0) is 12.0. The van der Waals surface area contributed by atoms with Gasteiger partial charge in [0.1, 0.15) is 0 Å². The summed E-state index contributed by atoms with van der Waals surface area (Å²) in [5.74, 6) is 0.